The standard InChI is InChI=1S/C13H29NO2/c1-9(2)12(15)13(5,6)8-14-10(3)11(4)16-7/h9-12,14-15H,8H2,1-7H3. The first-order valence-corrected chi connectivity index (χ1v) is 6.16. The molecule has 0 amide bonds. The van der Waals surface area contributed by atoms with E-state index in [2.05, 4.69) is 26.1 Å². The van der Waals surface area contributed by atoms with Gasteiger partial charge in [0.1, 0.15) is 0 Å². The van der Waals surface area contributed by atoms with Crippen molar-refractivity contribution >= 4 is 0 Å². The molecule has 0 rings (SSSR count). The molecule has 3 unspecified atom stereocenters. The highest BCUT2D eigenvalue weighted by atomic mass is 16.5. The zero-order chi connectivity index (χ0) is 12.9. The quantitative estimate of drug-likeness (QED) is 0.704. The maximum absolute atomic E-state index is 10.1. The van der Waals surface area contributed by atoms with Gasteiger partial charge in [-0.2, -0.15) is 0 Å². The Hall–Kier alpha value is -0.120. The van der Waals surface area contributed by atoms with Gasteiger partial charge < -0.3 is 15.2 Å². The van der Waals surface area contributed by atoms with Gasteiger partial charge in [-0.25, -0.2) is 0 Å². The van der Waals surface area contributed by atoms with Gasteiger partial charge >= 0.3 is 0 Å². The SMILES string of the molecule is COC(C)C(C)NCC(C)(C)C(O)C(C)C. The molecule has 0 radical (unpaired) electrons. The van der Waals surface area contributed by atoms with Gasteiger partial charge in [0, 0.05) is 25.1 Å². The molecule has 0 fully saturated rings. The number of aliphatic hydroxyl groups excluding tert-OH is 1. The molecule has 3 heteroatoms. The van der Waals surface area contributed by atoms with Crippen molar-refractivity contribution in [3.63, 3.8) is 0 Å². The van der Waals surface area contributed by atoms with E-state index in [4.69, 9.17) is 4.74 Å². The zero-order valence-electron chi connectivity index (χ0n) is 11.9. The largest absolute Gasteiger partial charge is 0.392 e. The van der Waals surface area contributed by atoms with E-state index in [1.54, 1.807) is 7.11 Å². The molecule has 2 N–H and O–H groups in total. The summed E-state index contributed by atoms with van der Waals surface area (Å²) in [6, 6.07) is 0.295. The first kappa shape index (κ1) is 15.9. The van der Waals surface area contributed by atoms with E-state index in [1.807, 2.05) is 20.8 Å². The predicted molar refractivity (Wildman–Crippen MR) is 68.6 cm³/mol. The molecule has 0 aromatic heterocycles. The van der Waals surface area contributed by atoms with Crippen LogP contribution < -0.4 is 5.32 Å². The average Bonchev–Trinajstić information content (AvgIpc) is 2.23. The van der Waals surface area contributed by atoms with Crippen molar-refractivity contribution in [2.75, 3.05) is 13.7 Å². The molecule has 0 heterocycles. The summed E-state index contributed by atoms with van der Waals surface area (Å²) < 4.78 is 5.26. The van der Waals surface area contributed by atoms with Gasteiger partial charge in [-0.3, -0.25) is 0 Å². The van der Waals surface area contributed by atoms with Crippen LogP contribution in [0.15, 0.2) is 0 Å². The fraction of sp³-hybridized carbons (Fsp3) is 1.00. The third-order valence-corrected chi connectivity index (χ3v) is 3.39. The third kappa shape index (κ3) is 4.81. The highest BCUT2D eigenvalue weighted by molar-refractivity contribution is 4.83. The minimum atomic E-state index is -0.287. The Morgan fingerprint density at radius 2 is 1.69 bits per heavy atom. The van der Waals surface area contributed by atoms with Crippen LogP contribution in [-0.2, 0) is 4.74 Å². The molecule has 0 aliphatic heterocycles. The van der Waals surface area contributed by atoms with E-state index in [0.717, 1.165) is 6.54 Å². The molecule has 0 saturated heterocycles. The molecule has 0 aliphatic rings. The van der Waals surface area contributed by atoms with Gasteiger partial charge in [-0.15, -0.1) is 0 Å². The normalized spacial score (nSPS) is 18.6. The number of hydrogen-bond acceptors (Lipinski definition) is 3. The summed E-state index contributed by atoms with van der Waals surface area (Å²) in [5.41, 5.74) is -0.115. The Kier molecular flexibility index (Phi) is 6.53. The van der Waals surface area contributed by atoms with Crippen LogP contribution in [0.2, 0.25) is 0 Å². The van der Waals surface area contributed by atoms with Crippen LogP contribution in [0.25, 0.3) is 0 Å². The second kappa shape index (κ2) is 6.58. The lowest BCUT2D eigenvalue weighted by molar-refractivity contribution is 0.00734. The van der Waals surface area contributed by atoms with Crippen LogP contribution in [-0.4, -0.2) is 37.0 Å². The Bertz CT molecular complexity index is 192. The summed E-state index contributed by atoms with van der Waals surface area (Å²) in [6.45, 7) is 13.2. The first-order chi connectivity index (χ1) is 7.22. The van der Waals surface area contributed by atoms with Gasteiger partial charge in [0.15, 0.2) is 0 Å². The summed E-state index contributed by atoms with van der Waals surface area (Å²) in [7, 11) is 1.72. The number of rotatable bonds is 7. The second-order valence-electron chi connectivity index (χ2n) is 5.79. The molecule has 3 nitrogen and oxygen atoms in total. The monoisotopic (exact) mass is 231 g/mol. The van der Waals surface area contributed by atoms with Gasteiger partial charge in [0.2, 0.25) is 0 Å². The highest BCUT2D eigenvalue weighted by Crippen LogP contribution is 2.25. The minimum absolute atomic E-state index is 0.115. The lowest BCUT2D eigenvalue weighted by Crippen LogP contribution is -2.47. The van der Waals surface area contributed by atoms with Crippen molar-refractivity contribution in [1.82, 2.24) is 5.32 Å². The fourth-order valence-corrected chi connectivity index (χ4v) is 1.80. The van der Waals surface area contributed by atoms with Crippen LogP contribution in [0.4, 0.5) is 0 Å². The summed E-state index contributed by atoms with van der Waals surface area (Å²) in [5, 5.41) is 13.5. The number of nitrogens with one attached hydrogen (secondary N) is 1. The van der Waals surface area contributed by atoms with Crippen LogP contribution >= 0.6 is 0 Å². The molecule has 0 spiro atoms. The molecular weight excluding hydrogens is 202 g/mol. The highest BCUT2D eigenvalue weighted by Gasteiger charge is 2.30. The number of ether oxygens (including phenoxy) is 1. The lowest BCUT2D eigenvalue weighted by atomic mass is 9.80. The van der Waals surface area contributed by atoms with Crippen LogP contribution in [0, 0.1) is 11.3 Å². The number of aliphatic hydroxyl groups is 1. The van der Waals surface area contributed by atoms with E-state index in [9.17, 15) is 5.11 Å². The summed E-state index contributed by atoms with van der Waals surface area (Å²) in [6.07, 6.45) is -0.1000. The van der Waals surface area contributed by atoms with Crippen LogP contribution in [0.3, 0.4) is 0 Å². The molecule has 3 atom stereocenters. The summed E-state index contributed by atoms with van der Waals surface area (Å²) in [4.78, 5) is 0. The van der Waals surface area contributed by atoms with Crippen LogP contribution in [0.5, 0.6) is 0 Å². The fourth-order valence-electron chi connectivity index (χ4n) is 1.80. The summed E-state index contributed by atoms with van der Waals surface area (Å²) in [5.74, 6) is 0.284. The minimum Gasteiger partial charge on any atom is -0.392 e. The Morgan fingerprint density at radius 3 is 2.06 bits per heavy atom. The van der Waals surface area contributed by atoms with Crippen molar-refractivity contribution < 1.29 is 9.84 Å². The van der Waals surface area contributed by atoms with Crippen molar-refractivity contribution in [3.8, 4) is 0 Å². The zero-order valence-corrected chi connectivity index (χ0v) is 11.9. The lowest BCUT2D eigenvalue weighted by Gasteiger charge is -2.35. The Labute approximate surface area is 101 Å². The number of hydrogen-bond donors (Lipinski definition) is 2. The molecule has 0 saturated carbocycles. The molecule has 0 aromatic rings. The van der Waals surface area contributed by atoms with E-state index in [1.165, 1.54) is 0 Å². The van der Waals surface area contributed by atoms with Gasteiger partial charge in [0.25, 0.3) is 0 Å². The molecular formula is C13H29NO2. The van der Waals surface area contributed by atoms with Gasteiger partial charge in [0.05, 0.1) is 12.2 Å². The molecule has 0 aliphatic carbocycles. The Balaban J connectivity index is 4.18. The predicted octanol–water partition coefficient (Wildman–Crippen LogP) is 2.04. The van der Waals surface area contributed by atoms with Gasteiger partial charge in [-0.1, -0.05) is 27.7 Å². The second-order valence-corrected chi connectivity index (χ2v) is 5.79. The van der Waals surface area contributed by atoms with E-state index in [-0.39, 0.29) is 23.5 Å². The molecule has 0 aromatic carbocycles. The van der Waals surface area contributed by atoms with Crippen molar-refractivity contribution in [2.24, 2.45) is 11.3 Å². The van der Waals surface area contributed by atoms with E-state index >= 15 is 0 Å². The first-order valence-electron chi connectivity index (χ1n) is 6.16. The van der Waals surface area contributed by atoms with Gasteiger partial charge in [-0.05, 0) is 19.8 Å². The average molecular weight is 231 g/mol. The maximum Gasteiger partial charge on any atom is 0.0693 e. The summed E-state index contributed by atoms with van der Waals surface area (Å²) >= 11 is 0. The van der Waals surface area contributed by atoms with E-state index < -0.39 is 0 Å². The smallest absolute Gasteiger partial charge is 0.0693 e. The van der Waals surface area contributed by atoms with Crippen molar-refractivity contribution in [3.05, 3.63) is 0 Å². The topological polar surface area (TPSA) is 41.5 Å². The Morgan fingerprint density at radius 1 is 1.19 bits per heavy atom. The molecule has 16 heavy (non-hydrogen) atoms. The van der Waals surface area contributed by atoms with Crippen molar-refractivity contribution in [1.29, 1.82) is 0 Å². The molecule has 98 valence electrons. The molecule has 0 bridgehead atoms. The number of methoxy groups -OCH3 is 1. The van der Waals surface area contributed by atoms with Crippen molar-refractivity contribution in [2.45, 2.75) is 59.8 Å². The van der Waals surface area contributed by atoms with E-state index in [0.29, 0.717) is 6.04 Å². The third-order valence-electron chi connectivity index (χ3n) is 3.39. The maximum atomic E-state index is 10.1. The van der Waals surface area contributed by atoms with Crippen LogP contribution in [0.1, 0.15) is 41.5 Å².